The van der Waals surface area contributed by atoms with Crippen LogP contribution in [0.5, 0.6) is 0 Å². The number of carbonyl (C=O) groups excluding carboxylic acids is 4. The smallest absolute Gasteiger partial charge is 0.411 e. The van der Waals surface area contributed by atoms with Crippen LogP contribution in [0.4, 0.5) is 4.79 Å². The molecule has 2 rings (SSSR count). The Hall–Kier alpha value is -3.92. The fourth-order valence-corrected chi connectivity index (χ4v) is 7.86. The summed E-state index contributed by atoms with van der Waals surface area (Å²) in [5, 5.41) is 5.84. The summed E-state index contributed by atoms with van der Waals surface area (Å²) in [5.74, 6) is -1.76. The van der Waals surface area contributed by atoms with Crippen LogP contribution in [0.15, 0.2) is 70.6 Å². The topological polar surface area (TPSA) is 226 Å². The van der Waals surface area contributed by atoms with Gasteiger partial charge in [0.15, 0.2) is 0 Å². The number of nitrogens with zero attached hydrogens (tertiary/aromatic N) is 3. The van der Waals surface area contributed by atoms with E-state index >= 15 is 4.57 Å². The summed E-state index contributed by atoms with van der Waals surface area (Å²) in [6.07, 6.45) is 0.154. The van der Waals surface area contributed by atoms with Crippen LogP contribution in [-0.2, 0) is 51.1 Å². The van der Waals surface area contributed by atoms with Crippen LogP contribution < -0.4 is 21.6 Å². The van der Waals surface area contributed by atoms with Gasteiger partial charge in [0.05, 0.1) is 11.7 Å². The van der Waals surface area contributed by atoms with E-state index in [4.69, 9.17) is 65.2 Å². The first-order chi connectivity index (χ1) is 28.1. The summed E-state index contributed by atoms with van der Waals surface area (Å²) in [7, 11) is -4.41. The lowest BCUT2D eigenvalue weighted by Crippen LogP contribution is -2.49. The van der Waals surface area contributed by atoms with E-state index in [1.807, 2.05) is 12.1 Å². The van der Waals surface area contributed by atoms with Crippen molar-refractivity contribution in [2.24, 2.45) is 21.5 Å². The molecule has 16 nitrogen and oxygen atoms in total. The molecular formula is C40H59Cl3N7O9P. The van der Waals surface area contributed by atoms with Crippen molar-refractivity contribution < 1.29 is 42.7 Å². The standard InChI is InChI=1S/C40H59Cl3N7O9P/c1-29(44)46-22-14-12-20-33(36(52)56-25-31-16-8-6-9-17-31)48-60(55,28-50(38(54)59-39(3,4)5)24-35(51)58-27-40(41,42)43)49-34(21-13-15-23-47-30(2)45)37(53)57-26-32-18-10-7-11-19-32/h6-11,16-19,33-34H,12-15,20-28H2,1-5H3,(H2,44,46)(H2,45,47)(H2,48,49,55). The van der Waals surface area contributed by atoms with Crippen molar-refractivity contribution in [3.8, 4) is 0 Å². The molecule has 0 aliphatic rings. The van der Waals surface area contributed by atoms with E-state index in [-0.39, 0.29) is 26.1 Å². The van der Waals surface area contributed by atoms with Gasteiger partial charge in [0, 0.05) is 13.1 Å². The maximum Gasteiger partial charge on any atom is 0.411 e. The number of amides is 1. The normalized spacial score (nSPS) is 14.3. The highest BCUT2D eigenvalue weighted by molar-refractivity contribution is 7.59. The fraction of sp³-hybridized carbons (Fsp3) is 0.550. The maximum absolute atomic E-state index is 15.5. The Morgan fingerprint density at radius 1 is 0.733 bits per heavy atom. The average molecular weight is 919 g/mol. The van der Waals surface area contributed by atoms with Gasteiger partial charge >= 0.3 is 24.0 Å². The van der Waals surface area contributed by atoms with Crippen molar-refractivity contribution in [3.05, 3.63) is 71.8 Å². The third-order valence-electron chi connectivity index (χ3n) is 8.01. The SMILES string of the molecule is CC(N)=NCCCCC(NP(=O)(CN(CC(=O)OCC(Cl)(Cl)Cl)C(=O)OC(C)(C)C)NC(CCCCN=C(C)N)C(=O)OCc1ccccc1)C(=O)OCc1ccccc1. The minimum atomic E-state index is -4.41. The van der Waals surface area contributed by atoms with Gasteiger partial charge < -0.3 is 30.4 Å². The monoisotopic (exact) mass is 917 g/mol. The molecule has 0 saturated carbocycles. The third-order valence-corrected chi connectivity index (χ3v) is 10.5. The number of ether oxygens (including phenoxy) is 4. The van der Waals surface area contributed by atoms with E-state index in [0.717, 1.165) is 4.90 Å². The first-order valence-electron chi connectivity index (χ1n) is 19.4. The van der Waals surface area contributed by atoms with E-state index in [1.165, 1.54) is 0 Å². The van der Waals surface area contributed by atoms with Gasteiger partial charge in [0.25, 0.3) is 0 Å². The van der Waals surface area contributed by atoms with Crippen LogP contribution >= 0.6 is 42.2 Å². The number of aliphatic imine (C=N–C) groups is 2. The van der Waals surface area contributed by atoms with Gasteiger partial charge in [0.1, 0.15) is 50.3 Å². The Kier molecular flexibility index (Phi) is 23.0. The molecule has 0 aliphatic heterocycles. The molecular weight excluding hydrogens is 860 g/mol. The quantitative estimate of drug-likeness (QED) is 0.0153. The lowest BCUT2D eigenvalue weighted by atomic mass is 10.1. The predicted molar refractivity (Wildman–Crippen MR) is 235 cm³/mol. The molecule has 2 atom stereocenters. The van der Waals surface area contributed by atoms with Crippen LogP contribution in [0.2, 0.25) is 0 Å². The van der Waals surface area contributed by atoms with Crippen LogP contribution in [0.1, 0.15) is 84.3 Å². The average Bonchev–Trinajstić information content (AvgIpc) is 3.16. The highest BCUT2D eigenvalue weighted by Gasteiger charge is 2.39. The Bertz CT molecular complexity index is 1660. The molecule has 6 N–H and O–H groups in total. The van der Waals surface area contributed by atoms with Gasteiger partial charge in [0.2, 0.25) is 11.2 Å². The van der Waals surface area contributed by atoms with Crippen molar-refractivity contribution in [3.63, 3.8) is 0 Å². The molecule has 0 bridgehead atoms. The summed E-state index contributed by atoms with van der Waals surface area (Å²) in [6.45, 7) is 7.20. The molecule has 0 radical (unpaired) electrons. The Labute approximate surface area is 367 Å². The van der Waals surface area contributed by atoms with Crippen molar-refractivity contribution in [2.45, 2.75) is 108 Å². The molecule has 2 aromatic carbocycles. The Morgan fingerprint density at radius 3 is 1.55 bits per heavy atom. The zero-order valence-electron chi connectivity index (χ0n) is 34.9. The molecule has 0 spiro atoms. The van der Waals surface area contributed by atoms with Crippen LogP contribution in [0, 0.1) is 0 Å². The molecule has 1 amide bonds. The highest BCUT2D eigenvalue weighted by Crippen LogP contribution is 2.40. The third kappa shape index (κ3) is 23.8. The number of nitrogens with two attached hydrogens (primary N) is 2. The van der Waals surface area contributed by atoms with Gasteiger partial charge in [-0.15, -0.1) is 0 Å². The fourth-order valence-electron chi connectivity index (χ4n) is 5.29. The number of halogens is 3. The number of hydrogen-bond acceptors (Lipinski definition) is 11. The molecule has 2 unspecified atom stereocenters. The minimum Gasteiger partial charge on any atom is -0.460 e. The number of carbonyl (C=O) groups is 4. The second-order valence-electron chi connectivity index (χ2n) is 14.9. The summed E-state index contributed by atoms with van der Waals surface area (Å²) >= 11 is 17.4. The predicted octanol–water partition coefficient (Wildman–Crippen LogP) is 6.79. The van der Waals surface area contributed by atoms with Crippen molar-refractivity contribution >= 4 is 77.9 Å². The molecule has 0 fully saturated rings. The van der Waals surface area contributed by atoms with Gasteiger partial charge in [-0.2, -0.15) is 0 Å². The van der Waals surface area contributed by atoms with E-state index in [9.17, 15) is 19.2 Å². The largest absolute Gasteiger partial charge is 0.460 e. The van der Waals surface area contributed by atoms with Gasteiger partial charge in [-0.05, 0) is 84.3 Å². The lowest BCUT2D eigenvalue weighted by molar-refractivity contribution is -0.147. The van der Waals surface area contributed by atoms with Gasteiger partial charge in [-0.25, -0.2) is 15.0 Å². The van der Waals surface area contributed by atoms with E-state index in [2.05, 4.69) is 20.2 Å². The zero-order chi connectivity index (χ0) is 44.8. The summed E-state index contributed by atoms with van der Waals surface area (Å²) in [6, 6.07) is 15.4. The number of esters is 3. The molecule has 60 heavy (non-hydrogen) atoms. The maximum atomic E-state index is 15.5. The number of alkyl halides is 3. The Morgan fingerprint density at radius 2 is 1.17 bits per heavy atom. The van der Waals surface area contributed by atoms with Crippen molar-refractivity contribution in [1.82, 2.24) is 15.1 Å². The molecule has 2 aromatic rings. The summed E-state index contributed by atoms with van der Waals surface area (Å²) in [4.78, 5) is 63.9. The number of benzene rings is 2. The highest BCUT2D eigenvalue weighted by atomic mass is 35.6. The molecule has 334 valence electrons. The second-order valence-corrected chi connectivity index (χ2v) is 19.7. The summed E-state index contributed by atoms with van der Waals surface area (Å²) < 4.78 is 35.7. The Balaban J connectivity index is 2.63. The molecule has 0 heterocycles. The number of hydrogen-bond donors (Lipinski definition) is 4. The van der Waals surface area contributed by atoms with Crippen molar-refractivity contribution in [1.29, 1.82) is 0 Å². The van der Waals surface area contributed by atoms with Gasteiger partial charge in [-0.3, -0.25) is 33.8 Å². The molecule has 0 saturated heterocycles. The van der Waals surface area contributed by atoms with Crippen LogP contribution in [0.3, 0.4) is 0 Å². The molecule has 20 heteroatoms. The first-order valence-corrected chi connectivity index (χ1v) is 22.5. The molecule has 0 aliphatic carbocycles. The van der Waals surface area contributed by atoms with E-state index < -0.39 is 72.4 Å². The minimum absolute atomic E-state index is 0.0927. The second kappa shape index (κ2) is 26.4. The van der Waals surface area contributed by atoms with E-state index in [1.54, 1.807) is 83.1 Å². The van der Waals surface area contributed by atoms with E-state index in [0.29, 0.717) is 61.6 Å². The number of nitrogens with one attached hydrogen (secondary N) is 2. The first kappa shape index (κ1) is 52.2. The van der Waals surface area contributed by atoms with Crippen LogP contribution in [-0.4, -0.2) is 94.6 Å². The van der Waals surface area contributed by atoms with Crippen LogP contribution in [0.25, 0.3) is 0 Å². The number of unbranched alkanes of at least 4 members (excludes halogenated alkanes) is 2. The lowest BCUT2D eigenvalue weighted by Gasteiger charge is -2.33. The number of amidine groups is 2. The molecule has 0 aromatic heterocycles. The summed E-state index contributed by atoms with van der Waals surface area (Å²) in [5.41, 5.74) is 11.8. The zero-order valence-corrected chi connectivity index (χ0v) is 38.0. The van der Waals surface area contributed by atoms with Crippen molar-refractivity contribution in [2.75, 3.05) is 32.5 Å². The number of rotatable bonds is 25. The van der Waals surface area contributed by atoms with Gasteiger partial charge in [-0.1, -0.05) is 95.5 Å².